The van der Waals surface area contributed by atoms with Crippen LogP contribution in [0.5, 0.6) is 5.75 Å². The summed E-state index contributed by atoms with van der Waals surface area (Å²) in [5.74, 6) is -2.00. The Hall–Kier alpha value is -2.63. The minimum atomic E-state index is -4.93. The molecule has 0 N–H and O–H groups in total. The Morgan fingerprint density at radius 1 is 1.08 bits per heavy atom. The lowest BCUT2D eigenvalue weighted by Crippen LogP contribution is -2.17. The Labute approximate surface area is 137 Å². The monoisotopic (exact) mass is 337 g/mol. The second-order valence-corrected chi connectivity index (χ2v) is 4.99. The molecule has 0 heterocycles. The van der Waals surface area contributed by atoms with Crippen molar-refractivity contribution < 1.29 is 22.3 Å². The fourth-order valence-electron chi connectivity index (χ4n) is 1.97. The molecule has 2 rings (SSSR count). The Bertz CT molecular complexity index is 721. The quantitative estimate of drug-likeness (QED) is 0.382. The summed E-state index contributed by atoms with van der Waals surface area (Å²) in [5, 5.41) is 0. The van der Waals surface area contributed by atoms with Gasteiger partial charge in [-0.3, -0.25) is 4.99 Å². The van der Waals surface area contributed by atoms with E-state index in [1.165, 1.54) is 12.3 Å². The minimum Gasteiger partial charge on any atom is -0.403 e. The van der Waals surface area contributed by atoms with Gasteiger partial charge in [0.2, 0.25) is 0 Å². The molecule has 0 saturated carbocycles. The molecule has 24 heavy (non-hydrogen) atoms. The molecule has 0 spiro atoms. The molecule has 0 aliphatic rings. The van der Waals surface area contributed by atoms with E-state index in [4.69, 9.17) is 0 Å². The zero-order valence-electron chi connectivity index (χ0n) is 12.7. The number of benzene rings is 2. The van der Waals surface area contributed by atoms with Gasteiger partial charge in [0.25, 0.3) is 0 Å². The highest BCUT2D eigenvalue weighted by Crippen LogP contribution is 2.28. The van der Waals surface area contributed by atoms with Crippen LogP contribution in [0.15, 0.2) is 60.1 Å². The van der Waals surface area contributed by atoms with Gasteiger partial charge in [-0.15, -0.1) is 19.8 Å². The van der Waals surface area contributed by atoms with Gasteiger partial charge in [-0.1, -0.05) is 30.3 Å². The molecule has 2 nitrogen and oxygen atoms in total. The van der Waals surface area contributed by atoms with E-state index in [0.717, 1.165) is 36.1 Å². The Morgan fingerprint density at radius 3 is 2.38 bits per heavy atom. The molecule has 6 heteroatoms. The maximum Gasteiger partial charge on any atom is 0.573 e. The first kappa shape index (κ1) is 17.7. The molecule has 2 aromatic carbocycles. The number of aryl methyl sites for hydroxylation is 1. The Kier molecular flexibility index (Phi) is 5.73. The average Bonchev–Trinajstić information content (AvgIpc) is 2.53. The number of hydrogen-bond donors (Lipinski definition) is 0. The van der Waals surface area contributed by atoms with Crippen molar-refractivity contribution in [3.63, 3.8) is 0 Å². The second kappa shape index (κ2) is 7.77. The summed E-state index contributed by atoms with van der Waals surface area (Å²) in [6.07, 6.45) is 0.206. The van der Waals surface area contributed by atoms with Crippen LogP contribution in [0.4, 0.5) is 23.2 Å². The summed E-state index contributed by atoms with van der Waals surface area (Å²) in [5.41, 5.74) is 2.15. The van der Waals surface area contributed by atoms with Crippen LogP contribution in [0.25, 0.3) is 0 Å². The summed E-state index contributed by atoms with van der Waals surface area (Å²) in [4.78, 5) is 4.05. The van der Waals surface area contributed by atoms with Crippen molar-refractivity contribution in [1.82, 2.24) is 0 Å². The van der Waals surface area contributed by atoms with Gasteiger partial charge in [-0.05, 0) is 36.1 Å². The zero-order valence-corrected chi connectivity index (χ0v) is 12.7. The van der Waals surface area contributed by atoms with Gasteiger partial charge >= 0.3 is 6.36 Å². The first-order valence-electron chi connectivity index (χ1n) is 7.16. The van der Waals surface area contributed by atoms with E-state index in [9.17, 15) is 17.6 Å². The summed E-state index contributed by atoms with van der Waals surface area (Å²) < 4.78 is 53.4. The van der Waals surface area contributed by atoms with Crippen molar-refractivity contribution >= 4 is 11.9 Å². The summed E-state index contributed by atoms with van der Waals surface area (Å²) in [6.45, 7) is 3.67. The summed E-state index contributed by atoms with van der Waals surface area (Å²) in [7, 11) is 0. The van der Waals surface area contributed by atoms with E-state index in [1.54, 1.807) is 0 Å². The number of aliphatic imine (C=N–C) groups is 1. The molecule has 0 radical (unpaired) electrons. The number of alkyl halides is 3. The number of hydrogen-bond acceptors (Lipinski definition) is 2. The number of halogens is 4. The van der Waals surface area contributed by atoms with Crippen molar-refractivity contribution in [2.75, 3.05) is 0 Å². The molecular formula is C18H15F4NO. The molecule has 0 atom stereocenters. The number of nitrogens with zero attached hydrogens (tertiary/aromatic N) is 1. The van der Waals surface area contributed by atoms with Gasteiger partial charge in [-0.2, -0.15) is 0 Å². The molecule has 0 aromatic heterocycles. The standard InChI is InChI=1S/C18H15F4NO/c1-2-3-4-13-5-7-14(8-6-13)12-23-15-9-10-17(16(19)11-15)24-18(20,21)22/h2,5-12H,1,3-4H2. The highest BCUT2D eigenvalue weighted by molar-refractivity contribution is 5.82. The lowest BCUT2D eigenvalue weighted by molar-refractivity contribution is -0.275. The first-order valence-corrected chi connectivity index (χ1v) is 7.16. The van der Waals surface area contributed by atoms with E-state index >= 15 is 0 Å². The lowest BCUT2D eigenvalue weighted by atomic mass is 10.1. The summed E-state index contributed by atoms with van der Waals surface area (Å²) >= 11 is 0. The normalized spacial score (nSPS) is 11.7. The van der Waals surface area contributed by atoms with Crippen molar-refractivity contribution in [1.29, 1.82) is 0 Å². The van der Waals surface area contributed by atoms with Gasteiger partial charge in [0, 0.05) is 12.3 Å². The van der Waals surface area contributed by atoms with Crippen LogP contribution in [0.2, 0.25) is 0 Å². The minimum absolute atomic E-state index is 0.192. The SMILES string of the molecule is C=CCCc1ccc(C=Nc2ccc(OC(F)(F)F)c(F)c2)cc1. The van der Waals surface area contributed by atoms with Gasteiger partial charge < -0.3 is 4.74 Å². The third kappa shape index (κ3) is 5.53. The molecule has 0 bridgehead atoms. The number of allylic oxidation sites excluding steroid dienone is 1. The molecule has 0 aliphatic heterocycles. The second-order valence-electron chi connectivity index (χ2n) is 4.99. The zero-order chi connectivity index (χ0) is 17.6. The molecule has 0 saturated heterocycles. The fourth-order valence-corrected chi connectivity index (χ4v) is 1.97. The molecule has 0 fully saturated rings. The Balaban J connectivity index is 2.06. The number of rotatable bonds is 6. The lowest BCUT2D eigenvalue weighted by Gasteiger charge is -2.09. The van der Waals surface area contributed by atoms with Gasteiger partial charge in [0.15, 0.2) is 11.6 Å². The van der Waals surface area contributed by atoms with Crippen LogP contribution in [0, 0.1) is 5.82 Å². The van der Waals surface area contributed by atoms with E-state index in [0.29, 0.717) is 0 Å². The maximum atomic E-state index is 13.6. The van der Waals surface area contributed by atoms with Crippen LogP contribution >= 0.6 is 0 Å². The van der Waals surface area contributed by atoms with Gasteiger partial charge in [0.05, 0.1) is 5.69 Å². The van der Waals surface area contributed by atoms with E-state index in [1.807, 2.05) is 30.3 Å². The van der Waals surface area contributed by atoms with Crippen LogP contribution in [-0.2, 0) is 6.42 Å². The van der Waals surface area contributed by atoms with E-state index in [-0.39, 0.29) is 5.69 Å². The molecule has 2 aromatic rings. The highest BCUT2D eigenvalue weighted by Gasteiger charge is 2.32. The Morgan fingerprint density at radius 2 is 1.79 bits per heavy atom. The van der Waals surface area contributed by atoms with Crippen LogP contribution in [0.3, 0.4) is 0 Å². The molecule has 0 unspecified atom stereocenters. The molecular weight excluding hydrogens is 322 g/mol. The van der Waals surface area contributed by atoms with Crippen molar-refractivity contribution in [3.8, 4) is 5.75 Å². The van der Waals surface area contributed by atoms with Gasteiger partial charge in [-0.25, -0.2) is 4.39 Å². The van der Waals surface area contributed by atoms with Crippen molar-refractivity contribution in [2.45, 2.75) is 19.2 Å². The smallest absolute Gasteiger partial charge is 0.403 e. The van der Waals surface area contributed by atoms with Crippen molar-refractivity contribution in [2.24, 2.45) is 4.99 Å². The van der Waals surface area contributed by atoms with Crippen LogP contribution in [0.1, 0.15) is 17.5 Å². The molecule has 0 amide bonds. The average molecular weight is 337 g/mol. The number of ether oxygens (including phenoxy) is 1. The largest absolute Gasteiger partial charge is 0.573 e. The van der Waals surface area contributed by atoms with Crippen molar-refractivity contribution in [3.05, 3.63) is 72.1 Å². The van der Waals surface area contributed by atoms with Crippen LogP contribution < -0.4 is 4.74 Å². The fraction of sp³-hybridized carbons (Fsp3) is 0.167. The molecule has 126 valence electrons. The first-order chi connectivity index (χ1) is 11.4. The third-order valence-electron chi connectivity index (χ3n) is 3.12. The van der Waals surface area contributed by atoms with Crippen LogP contribution in [-0.4, -0.2) is 12.6 Å². The predicted octanol–water partition coefficient (Wildman–Crippen LogP) is 5.59. The summed E-state index contributed by atoms with van der Waals surface area (Å²) in [6, 6.07) is 10.7. The molecule has 0 aliphatic carbocycles. The van der Waals surface area contributed by atoms with E-state index in [2.05, 4.69) is 16.3 Å². The van der Waals surface area contributed by atoms with Gasteiger partial charge in [0.1, 0.15) is 0 Å². The van der Waals surface area contributed by atoms with E-state index < -0.39 is 17.9 Å². The maximum absolute atomic E-state index is 13.6. The topological polar surface area (TPSA) is 21.6 Å². The predicted molar refractivity (Wildman–Crippen MR) is 85.3 cm³/mol. The third-order valence-corrected chi connectivity index (χ3v) is 3.12. The highest BCUT2D eigenvalue weighted by atomic mass is 19.4.